The monoisotopic (exact) mass is 250 g/mol. The lowest BCUT2D eigenvalue weighted by Gasteiger charge is -2.17. The topological polar surface area (TPSA) is 38.5 Å². The van der Waals surface area contributed by atoms with Crippen LogP contribution in [0.15, 0.2) is 24.3 Å². The summed E-state index contributed by atoms with van der Waals surface area (Å²) in [6.45, 7) is 5.75. The minimum atomic E-state index is 0.443. The van der Waals surface area contributed by atoms with Crippen molar-refractivity contribution in [3.05, 3.63) is 35.4 Å². The van der Waals surface area contributed by atoms with E-state index in [1.165, 1.54) is 11.1 Å². The molecule has 1 aromatic rings. The van der Waals surface area contributed by atoms with E-state index in [9.17, 15) is 0 Å². The van der Waals surface area contributed by atoms with Crippen molar-refractivity contribution in [1.29, 1.82) is 0 Å². The molecule has 0 fully saturated rings. The van der Waals surface area contributed by atoms with Gasteiger partial charge in [0, 0.05) is 26.8 Å². The Morgan fingerprint density at radius 1 is 1.28 bits per heavy atom. The first-order chi connectivity index (χ1) is 8.67. The average Bonchev–Trinajstić information content (AvgIpc) is 2.39. The van der Waals surface area contributed by atoms with E-state index in [2.05, 4.69) is 43.1 Å². The van der Waals surface area contributed by atoms with Crippen molar-refractivity contribution in [2.75, 3.05) is 33.9 Å². The zero-order chi connectivity index (χ0) is 13.4. The van der Waals surface area contributed by atoms with Gasteiger partial charge < -0.3 is 15.4 Å². The van der Waals surface area contributed by atoms with Crippen molar-refractivity contribution in [1.82, 2.24) is 4.90 Å². The first kappa shape index (κ1) is 15.2. The number of hydrogen-bond donors (Lipinski definition) is 1. The summed E-state index contributed by atoms with van der Waals surface area (Å²) in [4.78, 5) is 2.32. The molecule has 0 aromatic heterocycles. The van der Waals surface area contributed by atoms with Gasteiger partial charge in [-0.15, -0.1) is 0 Å². The normalized spacial score (nSPS) is 12.9. The molecule has 18 heavy (non-hydrogen) atoms. The number of nitrogens with two attached hydrogens (primary N) is 1. The molecule has 0 aliphatic heterocycles. The Hall–Kier alpha value is -0.900. The van der Waals surface area contributed by atoms with Crippen LogP contribution in [0.5, 0.6) is 0 Å². The molecule has 0 aliphatic carbocycles. The standard InChI is InChI=1S/C15H26N2O/c1-13(11-16)15-7-5-14(6-8-15)12-17(2)9-4-10-18-3/h5-8,13H,4,9-12,16H2,1-3H3. The summed E-state index contributed by atoms with van der Waals surface area (Å²) in [7, 11) is 3.89. The van der Waals surface area contributed by atoms with E-state index in [0.717, 1.165) is 26.1 Å². The van der Waals surface area contributed by atoms with Crippen LogP contribution in [0.4, 0.5) is 0 Å². The van der Waals surface area contributed by atoms with Crippen molar-refractivity contribution in [3.8, 4) is 0 Å². The number of methoxy groups -OCH3 is 1. The fourth-order valence-corrected chi connectivity index (χ4v) is 1.96. The second-order valence-corrected chi connectivity index (χ2v) is 4.96. The van der Waals surface area contributed by atoms with E-state index < -0.39 is 0 Å². The largest absolute Gasteiger partial charge is 0.385 e. The maximum atomic E-state index is 5.67. The van der Waals surface area contributed by atoms with Gasteiger partial charge in [0.25, 0.3) is 0 Å². The lowest BCUT2D eigenvalue weighted by molar-refractivity contribution is 0.178. The number of ether oxygens (including phenoxy) is 1. The van der Waals surface area contributed by atoms with E-state index >= 15 is 0 Å². The third-order valence-corrected chi connectivity index (χ3v) is 3.24. The quantitative estimate of drug-likeness (QED) is 0.719. The van der Waals surface area contributed by atoms with Crippen LogP contribution in [-0.4, -0.2) is 38.8 Å². The van der Waals surface area contributed by atoms with Crippen LogP contribution in [0.25, 0.3) is 0 Å². The second kappa shape index (κ2) is 8.25. The number of hydrogen-bond acceptors (Lipinski definition) is 3. The molecular formula is C15H26N2O. The average molecular weight is 250 g/mol. The van der Waals surface area contributed by atoms with E-state index in [-0.39, 0.29) is 0 Å². The molecule has 0 saturated carbocycles. The van der Waals surface area contributed by atoms with Gasteiger partial charge in [0.1, 0.15) is 0 Å². The first-order valence-electron chi connectivity index (χ1n) is 6.63. The van der Waals surface area contributed by atoms with Crippen molar-refractivity contribution in [3.63, 3.8) is 0 Å². The summed E-state index contributed by atoms with van der Waals surface area (Å²) in [5.74, 6) is 0.443. The Bertz CT molecular complexity index is 324. The molecule has 1 atom stereocenters. The van der Waals surface area contributed by atoms with E-state index in [0.29, 0.717) is 12.5 Å². The van der Waals surface area contributed by atoms with E-state index in [1.807, 2.05) is 0 Å². The third-order valence-electron chi connectivity index (χ3n) is 3.24. The fourth-order valence-electron chi connectivity index (χ4n) is 1.96. The van der Waals surface area contributed by atoms with Gasteiger partial charge >= 0.3 is 0 Å². The molecule has 102 valence electrons. The highest BCUT2D eigenvalue weighted by atomic mass is 16.5. The molecule has 0 aliphatic rings. The minimum Gasteiger partial charge on any atom is -0.385 e. The molecule has 0 heterocycles. The molecule has 3 heteroatoms. The van der Waals surface area contributed by atoms with Crippen molar-refractivity contribution in [2.24, 2.45) is 5.73 Å². The van der Waals surface area contributed by atoms with Crippen LogP contribution >= 0.6 is 0 Å². The van der Waals surface area contributed by atoms with Crippen LogP contribution in [-0.2, 0) is 11.3 Å². The van der Waals surface area contributed by atoms with Crippen molar-refractivity contribution < 1.29 is 4.74 Å². The molecule has 2 N–H and O–H groups in total. The van der Waals surface area contributed by atoms with Crippen LogP contribution in [0, 0.1) is 0 Å². The first-order valence-corrected chi connectivity index (χ1v) is 6.63. The molecule has 0 saturated heterocycles. The van der Waals surface area contributed by atoms with Crippen LogP contribution in [0.3, 0.4) is 0 Å². The van der Waals surface area contributed by atoms with E-state index in [4.69, 9.17) is 10.5 Å². The summed E-state index contributed by atoms with van der Waals surface area (Å²) >= 11 is 0. The molecule has 0 bridgehead atoms. The van der Waals surface area contributed by atoms with E-state index in [1.54, 1.807) is 7.11 Å². The number of rotatable bonds is 8. The van der Waals surface area contributed by atoms with Crippen LogP contribution in [0.2, 0.25) is 0 Å². The smallest absolute Gasteiger partial charge is 0.0474 e. The molecule has 3 nitrogen and oxygen atoms in total. The lowest BCUT2D eigenvalue weighted by atomic mass is 10.00. The van der Waals surface area contributed by atoms with Gasteiger partial charge in [0.15, 0.2) is 0 Å². The summed E-state index contributed by atoms with van der Waals surface area (Å²) < 4.78 is 5.06. The Labute approximate surface area is 111 Å². The maximum absolute atomic E-state index is 5.67. The van der Waals surface area contributed by atoms with Gasteiger partial charge in [-0.05, 0) is 37.1 Å². The van der Waals surface area contributed by atoms with Gasteiger partial charge in [0.2, 0.25) is 0 Å². The second-order valence-electron chi connectivity index (χ2n) is 4.96. The summed E-state index contributed by atoms with van der Waals surface area (Å²) in [6, 6.07) is 8.79. The Morgan fingerprint density at radius 2 is 1.94 bits per heavy atom. The minimum absolute atomic E-state index is 0.443. The predicted octanol–water partition coefficient (Wildman–Crippen LogP) is 2.22. The Kier molecular flexibility index (Phi) is 6.94. The van der Waals surface area contributed by atoms with Gasteiger partial charge in [-0.2, -0.15) is 0 Å². The zero-order valence-electron chi connectivity index (χ0n) is 11.9. The third kappa shape index (κ3) is 5.17. The lowest BCUT2D eigenvalue weighted by Crippen LogP contribution is -2.20. The summed E-state index contributed by atoms with van der Waals surface area (Å²) in [5.41, 5.74) is 8.34. The van der Waals surface area contributed by atoms with Gasteiger partial charge in [-0.25, -0.2) is 0 Å². The molecular weight excluding hydrogens is 224 g/mol. The zero-order valence-corrected chi connectivity index (χ0v) is 11.9. The number of nitrogens with zero attached hydrogens (tertiary/aromatic N) is 1. The maximum Gasteiger partial charge on any atom is 0.0474 e. The highest BCUT2D eigenvalue weighted by molar-refractivity contribution is 5.25. The Morgan fingerprint density at radius 3 is 2.50 bits per heavy atom. The molecule has 0 radical (unpaired) electrons. The number of benzene rings is 1. The van der Waals surface area contributed by atoms with Gasteiger partial charge in [-0.1, -0.05) is 31.2 Å². The van der Waals surface area contributed by atoms with Gasteiger partial charge in [0.05, 0.1) is 0 Å². The van der Waals surface area contributed by atoms with Crippen LogP contribution in [0.1, 0.15) is 30.4 Å². The van der Waals surface area contributed by atoms with Gasteiger partial charge in [-0.3, -0.25) is 0 Å². The Balaban J connectivity index is 2.43. The summed E-state index contributed by atoms with van der Waals surface area (Å²) in [6.07, 6.45) is 1.08. The highest BCUT2D eigenvalue weighted by Gasteiger charge is 2.04. The molecule has 0 spiro atoms. The molecule has 1 aromatic carbocycles. The van der Waals surface area contributed by atoms with Crippen molar-refractivity contribution >= 4 is 0 Å². The van der Waals surface area contributed by atoms with Crippen molar-refractivity contribution in [2.45, 2.75) is 25.8 Å². The van der Waals surface area contributed by atoms with Crippen LogP contribution < -0.4 is 5.73 Å². The molecule has 1 rings (SSSR count). The molecule has 1 unspecified atom stereocenters. The predicted molar refractivity (Wildman–Crippen MR) is 76.7 cm³/mol. The summed E-state index contributed by atoms with van der Waals surface area (Å²) in [5, 5.41) is 0. The fraction of sp³-hybridized carbons (Fsp3) is 0.600. The highest BCUT2D eigenvalue weighted by Crippen LogP contribution is 2.15. The SMILES string of the molecule is COCCCN(C)Cc1ccc(C(C)CN)cc1. The molecule has 0 amide bonds.